The van der Waals surface area contributed by atoms with Crippen molar-refractivity contribution >= 4 is 5.90 Å². The molecular weight excluding hydrogens is 297 g/mol. The Hall–Kier alpha value is -2.40. The highest BCUT2D eigenvalue weighted by Gasteiger charge is 2.34. The van der Waals surface area contributed by atoms with Gasteiger partial charge < -0.3 is 14.9 Å². The van der Waals surface area contributed by atoms with Gasteiger partial charge in [-0.15, -0.1) is 0 Å². The zero-order valence-electron chi connectivity index (χ0n) is 12.7. The Morgan fingerprint density at radius 2 is 1.91 bits per heavy atom. The van der Waals surface area contributed by atoms with E-state index in [0.717, 1.165) is 5.56 Å². The van der Waals surface area contributed by atoms with Gasteiger partial charge in [-0.1, -0.05) is 30.3 Å². The minimum Gasteiger partial charge on any atom is -0.486 e. The van der Waals surface area contributed by atoms with Crippen LogP contribution in [0.4, 0.5) is 4.39 Å². The van der Waals surface area contributed by atoms with E-state index < -0.39 is 12.1 Å². The second kappa shape index (κ2) is 6.38. The smallest absolute Gasteiger partial charge is 0.340 e. The van der Waals surface area contributed by atoms with E-state index in [-0.39, 0.29) is 24.2 Å². The van der Waals surface area contributed by atoms with Crippen LogP contribution in [0.5, 0.6) is 5.75 Å². The van der Waals surface area contributed by atoms with Crippen LogP contribution in [-0.4, -0.2) is 28.8 Å². The fourth-order valence-electron chi connectivity index (χ4n) is 2.69. The van der Waals surface area contributed by atoms with Gasteiger partial charge in [-0.25, -0.2) is 9.38 Å². The van der Waals surface area contributed by atoms with E-state index in [9.17, 15) is 14.6 Å². The molecule has 4 nitrogen and oxygen atoms in total. The molecule has 0 aliphatic carbocycles. The number of para-hydroxylation sites is 1. The van der Waals surface area contributed by atoms with Gasteiger partial charge in [0.05, 0.1) is 0 Å². The van der Waals surface area contributed by atoms with Crippen molar-refractivity contribution in [3.05, 3.63) is 65.5 Å². The summed E-state index contributed by atoms with van der Waals surface area (Å²) in [7, 11) is 0. The van der Waals surface area contributed by atoms with Crippen LogP contribution in [0.2, 0.25) is 0 Å². The molecule has 120 valence electrons. The molecule has 3 N–H and O–H groups in total. The summed E-state index contributed by atoms with van der Waals surface area (Å²) in [6.45, 7) is 2.05. The summed E-state index contributed by atoms with van der Waals surface area (Å²) in [6, 6.07) is 12.8. The minimum atomic E-state index is -0.775. The van der Waals surface area contributed by atoms with Gasteiger partial charge in [-0.05, 0) is 30.7 Å². The number of benzene rings is 2. The predicted molar refractivity (Wildman–Crippen MR) is 84.1 cm³/mol. The van der Waals surface area contributed by atoms with Crippen LogP contribution < -0.4 is 9.73 Å². The van der Waals surface area contributed by atoms with Crippen molar-refractivity contribution in [1.82, 2.24) is 0 Å². The highest BCUT2D eigenvalue weighted by atomic mass is 19.1. The van der Waals surface area contributed by atoms with E-state index in [2.05, 4.69) is 4.99 Å². The second-order valence-corrected chi connectivity index (χ2v) is 5.70. The van der Waals surface area contributed by atoms with Gasteiger partial charge in [0.1, 0.15) is 23.6 Å². The van der Waals surface area contributed by atoms with Gasteiger partial charge in [0, 0.05) is 5.56 Å². The molecule has 0 amide bonds. The molecule has 2 aromatic rings. The van der Waals surface area contributed by atoms with Crippen LogP contribution in [0.3, 0.4) is 0 Å². The van der Waals surface area contributed by atoms with Gasteiger partial charge in [-0.3, -0.25) is 0 Å². The Labute approximate surface area is 133 Å². The maximum atomic E-state index is 13.0. The van der Waals surface area contributed by atoms with Crippen molar-refractivity contribution in [2.45, 2.75) is 25.0 Å². The third-order valence-corrected chi connectivity index (χ3v) is 4.15. The van der Waals surface area contributed by atoms with Crippen molar-refractivity contribution in [2.75, 3.05) is 6.61 Å². The zero-order chi connectivity index (χ0) is 16.4. The summed E-state index contributed by atoms with van der Waals surface area (Å²) in [5.74, 6) is 0.0221. The van der Waals surface area contributed by atoms with Gasteiger partial charge in [0.15, 0.2) is 6.61 Å². The number of halogens is 1. The van der Waals surface area contributed by atoms with E-state index in [1.807, 2.05) is 12.1 Å². The van der Waals surface area contributed by atoms with Crippen molar-refractivity contribution < 1.29 is 24.3 Å². The molecule has 0 saturated heterocycles. The quantitative estimate of drug-likeness (QED) is 0.593. The summed E-state index contributed by atoms with van der Waals surface area (Å²) in [4.78, 5) is 2.93. The van der Waals surface area contributed by atoms with Gasteiger partial charge in [0.25, 0.3) is 0 Å². The number of hydrogen-bond acceptors (Lipinski definition) is 2. The standard InChI is InChI=1S/C18H18FNO3/c1-11(12-6-8-13(19)9-7-12)18(22)20-15-10-23-16-5-3-2-4-14(16)17(15)21/h2-9,11,15,17,21H,10H2,1H3,(H,20,22)/p+1/t11-,15?,17?/m0/s1. The monoisotopic (exact) mass is 316 g/mol. The first kappa shape index (κ1) is 15.5. The molecular formula is C18H19FNO3+. The number of rotatable bonds is 3. The van der Waals surface area contributed by atoms with E-state index in [4.69, 9.17) is 4.74 Å². The maximum absolute atomic E-state index is 13.0. The normalized spacial score (nSPS) is 22.1. The summed E-state index contributed by atoms with van der Waals surface area (Å²) in [5.41, 5.74) is 1.47. The lowest BCUT2D eigenvalue weighted by Crippen LogP contribution is -2.84. The molecule has 0 fully saturated rings. The highest BCUT2D eigenvalue weighted by Crippen LogP contribution is 2.30. The fraction of sp³-hybridized carbons (Fsp3) is 0.278. The average molecular weight is 316 g/mol. The van der Waals surface area contributed by atoms with Crippen LogP contribution >= 0.6 is 0 Å². The molecule has 1 aliphatic rings. The van der Waals surface area contributed by atoms with Crippen LogP contribution in [0.25, 0.3) is 0 Å². The van der Waals surface area contributed by atoms with Crippen molar-refractivity contribution in [1.29, 1.82) is 0 Å². The molecule has 1 heterocycles. The van der Waals surface area contributed by atoms with Crippen molar-refractivity contribution in [3.63, 3.8) is 0 Å². The van der Waals surface area contributed by atoms with Gasteiger partial charge in [0.2, 0.25) is 6.04 Å². The lowest BCUT2D eigenvalue weighted by molar-refractivity contribution is -0.531. The van der Waals surface area contributed by atoms with Crippen LogP contribution in [0.1, 0.15) is 30.1 Å². The number of aliphatic hydroxyl groups is 2. The molecule has 5 heteroatoms. The molecule has 0 aromatic heterocycles. The first-order valence-corrected chi connectivity index (χ1v) is 7.54. The molecule has 2 unspecified atom stereocenters. The number of ether oxygens (including phenoxy) is 1. The predicted octanol–water partition coefficient (Wildman–Crippen LogP) is 1.46. The van der Waals surface area contributed by atoms with Crippen molar-refractivity contribution in [3.8, 4) is 5.75 Å². The first-order chi connectivity index (χ1) is 11.1. The van der Waals surface area contributed by atoms with Gasteiger partial charge >= 0.3 is 5.90 Å². The third-order valence-electron chi connectivity index (χ3n) is 4.15. The summed E-state index contributed by atoms with van der Waals surface area (Å²) < 4.78 is 18.6. The van der Waals surface area contributed by atoms with E-state index in [0.29, 0.717) is 11.3 Å². The Balaban J connectivity index is 1.80. The fourth-order valence-corrected chi connectivity index (χ4v) is 2.69. The Kier molecular flexibility index (Phi) is 4.30. The summed E-state index contributed by atoms with van der Waals surface area (Å²) in [6.07, 6.45) is -0.775. The zero-order valence-corrected chi connectivity index (χ0v) is 12.7. The molecule has 0 bridgehead atoms. The largest absolute Gasteiger partial charge is 0.486 e. The molecule has 2 aromatic carbocycles. The van der Waals surface area contributed by atoms with E-state index in [1.165, 1.54) is 12.1 Å². The summed E-state index contributed by atoms with van der Waals surface area (Å²) in [5, 5.41) is 20.7. The van der Waals surface area contributed by atoms with Crippen LogP contribution in [0, 0.1) is 5.82 Å². The van der Waals surface area contributed by atoms with Crippen LogP contribution in [-0.2, 0) is 0 Å². The third kappa shape index (κ3) is 3.19. The molecule has 0 radical (unpaired) electrons. The molecule has 23 heavy (non-hydrogen) atoms. The highest BCUT2D eigenvalue weighted by molar-refractivity contribution is 5.76. The molecule has 3 rings (SSSR count). The maximum Gasteiger partial charge on any atom is 0.340 e. The number of fused-ring (bicyclic) bond motifs is 1. The molecule has 3 atom stereocenters. The SMILES string of the molecule is C[C@H](C(O)=[NH+]C1COc2ccccc2C1O)c1ccc(F)cc1. The average Bonchev–Trinajstić information content (AvgIpc) is 2.57. The van der Waals surface area contributed by atoms with Crippen molar-refractivity contribution in [2.24, 2.45) is 0 Å². The topological polar surface area (TPSA) is 63.7 Å². The van der Waals surface area contributed by atoms with Crippen LogP contribution in [0.15, 0.2) is 48.5 Å². The Morgan fingerprint density at radius 1 is 1.22 bits per heavy atom. The number of aliphatic hydroxyl groups excluding tert-OH is 2. The molecule has 0 saturated carbocycles. The first-order valence-electron chi connectivity index (χ1n) is 7.54. The molecule has 0 spiro atoms. The minimum absolute atomic E-state index is 0.0173. The Morgan fingerprint density at radius 3 is 2.65 bits per heavy atom. The van der Waals surface area contributed by atoms with Gasteiger partial charge in [-0.2, -0.15) is 0 Å². The van der Waals surface area contributed by atoms with E-state index in [1.54, 1.807) is 31.2 Å². The lowest BCUT2D eigenvalue weighted by atomic mass is 9.98. The van der Waals surface area contributed by atoms with E-state index >= 15 is 0 Å². The molecule has 1 aliphatic heterocycles. The number of nitrogens with one attached hydrogen (secondary N) is 1. The Bertz CT molecular complexity index is 714. The second-order valence-electron chi connectivity index (χ2n) is 5.70. The number of hydrogen-bond donors (Lipinski definition) is 3. The lowest BCUT2D eigenvalue weighted by Gasteiger charge is -2.24. The summed E-state index contributed by atoms with van der Waals surface area (Å²) >= 11 is 0.